The number of hydrogen-bond acceptors (Lipinski definition) is 4. The Morgan fingerprint density at radius 3 is 2.47 bits per heavy atom. The molecule has 0 radical (unpaired) electrons. The highest BCUT2D eigenvalue weighted by molar-refractivity contribution is 5.62. The van der Waals surface area contributed by atoms with Crippen LogP contribution in [0.5, 0.6) is 0 Å². The predicted molar refractivity (Wildman–Crippen MR) is 67.6 cm³/mol. The van der Waals surface area contributed by atoms with Gasteiger partial charge in [0.25, 0.3) is 5.89 Å². The first kappa shape index (κ1) is 11.6. The summed E-state index contributed by atoms with van der Waals surface area (Å²) in [6.45, 7) is 8.14. The summed E-state index contributed by atoms with van der Waals surface area (Å²) in [6.07, 6.45) is 0. The van der Waals surface area contributed by atoms with Gasteiger partial charge in [-0.15, -0.1) is 0 Å². The lowest BCUT2D eigenvalue weighted by Gasteiger charge is -2.10. The third-order valence-corrected chi connectivity index (χ3v) is 2.58. The zero-order valence-corrected chi connectivity index (χ0v) is 10.6. The monoisotopic (exact) mass is 231 g/mol. The van der Waals surface area contributed by atoms with Crippen LogP contribution in [0.25, 0.3) is 11.5 Å². The maximum absolute atomic E-state index is 5.71. The van der Waals surface area contributed by atoms with Gasteiger partial charge in [0.1, 0.15) is 0 Å². The Bertz CT molecular complexity index is 538. The lowest BCUT2D eigenvalue weighted by atomic mass is 9.96. The first-order valence-corrected chi connectivity index (χ1v) is 5.58. The van der Waals surface area contributed by atoms with Gasteiger partial charge in [0.05, 0.1) is 0 Å². The van der Waals surface area contributed by atoms with E-state index in [0.717, 1.165) is 16.8 Å². The van der Waals surface area contributed by atoms with Crippen LogP contribution in [-0.4, -0.2) is 10.1 Å². The van der Waals surface area contributed by atoms with E-state index in [4.69, 9.17) is 10.3 Å². The summed E-state index contributed by atoms with van der Waals surface area (Å²) in [6, 6.07) is 5.64. The summed E-state index contributed by atoms with van der Waals surface area (Å²) in [5.41, 5.74) is 8.31. The number of nitrogens with zero attached hydrogens (tertiary/aromatic N) is 2. The Balaban J connectivity index is 2.44. The quantitative estimate of drug-likeness (QED) is 0.766. The Kier molecular flexibility index (Phi) is 2.65. The lowest BCUT2D eigenvalue weighted by Crippen LogP contribution is -2.13. The van der Waals surface area contributed by atoms with Gasteiger partial charge in [-0.2, -0.15) is 4.98 Å². The second-order valence-electron chi connectivity index (χ2n) is 5.25. The van der Waals surface area contributed by atoms with E-state index in [9.17, 15) is 0 Å². The average Bonchev–Trinajstić information content (AvgIpc) is 2.65. The molecule has 2 rings (SSSR count). The fourth-order valence-electron chi connectivity index (χ4n) is 1.56. The highest BCUT2D eigenvalue weighted by Gasteiger charge is 2.21. The Morgan fingerprint density at radius 1 is 1.24 bits per heavy atom. The van der Waals surface area contributed by atoms with Crippen LogP contribution in [0.4, 0.5) is 5.69 Å². The summed E-state index contributed by atoms with van der Waals surface area (Å²) in [7, 11) is 0. The van der Waals surface area contributed by atoms with Crippen LogP contribution in [0, 0.1) is 6.92 Å². The van der Waals surface area contributed by atoms with Crippen LogP contribution < -0.4 is 5.73 Å². The molecule has 0 aliphatic rings. The molecule has 4 heteroatoms. The molecule has 1 aromatic heterocycles. The Hall–Kier alpha value is -1.84. The van der Waals surface area contributed by atoms with Crippen molar-refractivity contribution in [3.8, 4) is 11.5 Å². The van der Waals surface area contributed by atoms with Crippen molar-refractivity contribution < 1.29 is 4.52 Å². The van der Waals surface area contributed by atoms with Gasteiger partial charge in [0.15, 0.2) is 5.82 Å². The van der Waals surface area contributed by atoms with Crippen molar-refractivity contribution in [2.45, 2.75) is 33.1 Å². The summed E-state index contributed by atoms with van der Waals surface area (Å²) < 4.78 is 5.30. The van der Waals surface area contributed by atoms with E-state index in [0.29, 0.717) is 11.7 Å². The van der Waals surface area contributed by atoms with E-state index in [1.54, 1.807) is 0 Å². The van der Waals surface area contributed by atoms with E-state index in [1.807, 2.05) is 25.1 Å². The standard InChI is InChI=1S/C13H17N3O/c1-8-7-9(14)5-6-10(8)11-15-12(16-17-11)13(2,3)4/h5-7H,14H2,1-4H3. The number of aryl methyl sites for hydroxylation is 1. The van der Waals surface area contributed by atoms with Crippen LogP contribution in [0.3, 0.4) is 0 Å². The molecular weight excluding hydrogens is 214 g/mol. The predicted octanol–water partition coefficient (Wildman–Crippen LogP) is 2.92. The van der Waals surface area contributed by atoms with Crippen molar-refractivity contribution >= 4 is 5.69 Å². The number of nitrogens with two attached hydrogens (primary N) is 1. The molecule has 0 atom stereocenters. The molecule has 0 saturated heterocycles. The van der Waals surface area contributed by atoms with Crippen molar-refractivity contribution in [3.63, 3.8) is 0 Å². The zero-order chi connectivity index (χ0) is 12.6. The van der Waals surface area contributed by atoms with E-state index < -0.39 is 0 Å². The topological polar surface area (TPSA) is 64.9 Å². The van der Waals surface area contributed by atoms with Crippen LogP contribution in [0.2, 0.25) is 0 Å². The van der Waals surface area contributed by atoms with E-state index in [-0.39, 0.29) is 5.41 Å². The maximum atomic E-state index is 5.71. The van der Waals surface area contributed by atoms with Crippen molar-refractivity contribution in [2.75, 3.05) is 5.73 Å². The second kappa shape index (κ2) is 3.87. The number of aromatic nitrogens is 2. The first-order chi connectivity index (χ1) is 7.88. The van der Waals surface area contributed by atoms with Gasteiger partial charge in [-0.1, -0.05) is 25.9 Å². The minimum Gasteiger partial charge on any atom is -0.399 e. The zero-order valence-electron chi connectivity index (χ0n) is 10.6. The SMILES string of the molecule is Cc1cc(N)ccc1-c1nc(C(C)(C)C)no1. The van der Waals surface area contributed by atoms with Gasteiger partial charge in [-0.25, -0.2) is 0 Å². The molecule has 0 amide bonds. The fourth-order valence-corrected chi connectivity index (χ4v) is 1.56. The molecule has 2 aromatic rings. The van der Waals surface area contributed by atoms with Crippen LogP contribution in [0.1, 0.15) is 32.2 Å². The second-order valence-corrected chi connectivity index (χ2v) is 5.25. The lowest BCUT2D eigenvalue weighted by molar-refractivity contribution is 0.402. The molecule has 90 valence electrons. The van der Waals surface area contributed by atoms with Crippen molar-refractivity contribution in [1.82, 2.24) is 10.1 Å². The molecule has 0 aliphatic heterocycles. The maximum Gasteiger partial charge on any atom is 0.258 e. The van der Waals surface area contributed by atoms with Gasteiger partial charge >= 0.3 is 0 Å². The summed E-state index contributed by atoms with van der Waals surface area (Å²) in [5, 5.41) is 4.01. The summed E-state index contributed by atoms with van der Waals surface area (Å²) in [4.78, 5) is 4.42. The number of anilines is 1. The number of nitrogen functional groups attached to an aromatic ring is 1. The molecule has 2 N–H and O–H groups in total. The average molecular weight is 231 g/mol. The molecule has 0 bridgehead atoms. The Morgan fingerprint density at radius 2 is 1.94 bits per heavy atom. The highest BCUT2D eigenvalue weighted by atomic mass is 16.5. The number of hydrogen-bond donors (Lipinski definition) is 1. The minimum absolute atomic E-state index is 0.108. The van der Waals surface area contributed by atoms with Gasteiger partial charge in [0, 0.05) is 16.7 Å². The van der Waals surface area contributed by atoms with E-state index in [1.165, 1.54) is 0 Å². The van der Waals surface area contributed by atoms with E-state index in [2.05, 4.69) is 30.9 Å². The largest absolute Gasteiger partial charge is 0.399 e. The van der Waals surface area contributed by atoms with Gasteiger partial charge in [0.2, 0.25) is 0 Å². The summed E-state index contributed by atoms with van der Waals surface area (Å²) in [5.74, 6) is 1.26. The molecule has 0 aliphatic carbocycles. The molecule has 0 fully saturated rings. The molecule has 4 nitrogen and oxygen atoms in total. The molecule has 17 heavy (non-hydrogen) atoms. The third-order valence-electron chi connectivity index (χ3n) is 2.58. The fraction of sp³-hybridized carbons (Fsp3) is 0.385. The molecule has 0 unspecified atom stereocenters. The van der Waals surface area contributed by atoms with Crippen molar-refractivity contribution in [1.29, 1.82) is 0 Å². The molecule has 0 saturated carbocycles. The van der Waals surface area contributed by atoms with Crippen LogP contribution >= 0.6 is 0 Å². The van der Waals surface area contributed by atoms with Crippen LogP contribution in [-0.2, 0) is 5.41 Å². The van der Waals surface area contributed by atoms with Gasteiger partial charge in [-0.3, -0.25) is 0 Å². The smallest absolute Gasteiger partial charge is 0.258 e. The van der Waals surface area contributed by atoms with E-state index >= 15 is 0 Å². The molecular formula is C13H17N3O. The molecule has 1 aromatic carbocycles. The van der Waals surface area contributed by atoms with Gasteiger partial charge < -0.3 is 10.3 Å². The van der Waals surface area contributed by atoms with Gasteiger partial charge in [-0.05, 0) is 30.7 Å². The first-order valence-electron chi connectivity index (χ1n) is 5.58. The minimum atomic E-state index is -0.108. The normalized spacial score (nSPS) is 11.8. The number of rotatable bonds is 1. The van der Waals surface area contributed by atoms with Crippen molar-refractivity contribution in [3.05, 3.63) is 29.6 Å². The molecule has 1 heterocycles. The third kappa shape index (κ3) is 2.30. The van der Waals surface area contributed by atoms with Crippen molar-refractivity contribution in [2.24, 2.45) is 0 Å². The molecule has 0 spiro atoms. The Labute approximate surface area is 101 Å². The van der Waals surface area contributed by atoms with Crippen LogP contribution in [0.15, 0.2) is 22.7 Å². The highest BCUT2D eigenvalue weighted by Crippen LogP contribution is 2.26. The number of benzene rings is 1. The summed E-state index contributed by atoms with van der Waals surface area (Å²) >= 11 is 0.